The predicted molar refractivity (Wildman–Crippen MR) is 70.0 cm³/mol. The molecule has 0 amide bonds. The van der Waals surface area contributed by atoms with Gasteiger partial charge in [0.05, 0.1) is 26.6 Å². The molecule has 19 heavy (non-hydrogen) atoms. The molecular formula is C12H13BN2O4. The number of hydrogen-bond donors (Lipinski definition) is 0. The minimum absolute atomic E-state index is 0.0285. The van der Waals surface area contributed by atoms with E-state index in [1.165, 1.54) is 0 Å². The summed E-state index contributed by atoms with van der Waals surface area (Å²) in [5, 5.41) is 0. The molecule has 0 N–H and O–H groups in total. The molecule has 2 aromatic heterocycles. The maximum absolute atomic E-state index is 5.47. The normalized spacial score (nSPS) is 9.58. The van der Waals surface area contributed by atoms with Crippen molar-refractivity contribution in [2.75, 3.05) is 14.2 Å². The first-order valence-corrected chi connectivity index (χ1v) is 5.56. The van der Waals surface area contributed by atoms with Crippen molar-refractivity contribution in [2.45, 2.75) is 0 Å². The molecule has 0 aliphatic heterocycles. The quantitative estimate of drug-likeness (QED) is 0.727. The van der Waals surface area contributed by atoms with Gasteiger partial charge in [-0.2, -0.15) is 0 Å². The van der Waals surface area contributed by atoms with Crippen molar-refractivity contribution in [3.05, 3.63) is 36.9 Å². The van der Waals surface area contributed by atoms with Crippen molar-refractivity contribution in [1.82, 2.24) is 9.97 Å². The Morgan fingerprint density at radius 3 is 1.68 bits per heavy atom. The number of methoxy groups -OCH3 is 2. The van der Waals surface area contributed by atoms with Gasteiger partial charge in [0, 0.05) is 24.5 Å². The average molecular weight is 260 g/mol. The second kappa shape index (κ2) is 6.48. The second-order valence-electron chi connectivity index (χ2n) is 3.46. The fourth-order valence-electron chi connectivity index (χ4n) is 1.44. The van der Waals surface area contributed by atoms with E-state index in [4.69, 9.17) is 18.8 Å². The molecule has 0 bridgehead atoms. The summed E-state index contributed by atoms with van der Waals surface area (Å²) >= 11 is 0. The van der Waals surface area contributed by atoms with Gasteiger partial charge in [0.2, 0.25) is 0 Å². The molecule has 7 heteroatoms. The smallest absolute Gasteiger partial charge is 0.526 e. The lowest BCUT2D eigenvalue weighted by molar-refractivity contribution is 0.368. The van der Waals surface area contributed by atoms with Crippen LogP contribution in [0.1, 0.15) is 0 Å². The van der Waals surface area contributed by atoms with Crippen LogP contribution in [0.25, 0.3) is 0 Å². The van der Waals surface area contributed by atoms with E-state index in [0.29, 0.717) is 23.0 Å². The number of aromatic nitrogens is 2. The van der Waals surface area contributed by atoms with E-state index in [1.807, 2.05) is 0 Å². The van der Waals surface area contributed by atoms with Crippen molar-refractivity contribution in [3.63, 3.8) is 0 Å². The number of nitrogens with zero attached hydrogens (tertiary/aromatic N) is 2. The molecule has 98 valence electrons. The molecule has 0 unspecified atom stereocenters. The summed E-state index contributed by atoms with van der Waals surface area (Å²) in [7, 11) is 3.13. The van der Waals surface area contributed by atoms with Crippen LogP contribution in [-0.2, 0) is 0 Å². The Hall–Kier alpha value is -2.44. The van der Waals surface area contributed by atoms with Gasteiger partial charge in [-0.3, -0.25) is 9.97 Å². The highest BCUT2D eigenvalue weighted by atomic mass is 16.6. The Morgan fingerprint density at radius 1 is 0.789 bits per heavy atom. The van der Waals surface area contributed by atoms with Crippen molar-refractivity contribution in [1.29, 1.82) is 0 Å². The average Bonchev–Trinajstić information content (AvgIpc) is 2.48. The summed E-state index contributed by atoms with van der Waals surface area (Å²) in [4.78, 5) is 7.87. The van der Waals surface area contributed by atoms with Crippen molar-refractivity contribution < 1.29 is 18.8 Å². The van der Waals surface area contributed by atoms with E-state index in [9.17, 15) is 0 Å². The number of rotatable bonds is 6. The van der Waals surface area contributed by atoms with Gasteiger partial charge < -0.3 is 18.8 Å². The van der Waals surface area contributed by atoms with Crippen molar-refractivity contribution in [2.24, 2.45) is 0 Å². The van der Waals surface area contributed by atoms with E-state index >= 15 is 0 Å². The fourth-order valence-corrected chi connectivity index (χ4v) is 1.44. The number of hydrogen-bond acceptors (Lipinski definition) is 6. The van der Waals surface area contributed by atoms with E-state index in [0.717, 1.165) is 0 Å². The summed E-state index contributed by atoms with van der Waals surface area (Å²) in [5.74, 6) is 2.22. The van der Waals surface area contributed by atoms with Crippen LogP contribution in [0.5, 0.6) is 23.0 Å². The molecule has 0 aromatic carbocycles. The lowest BCUT2D eigenvalue weighted by Crippen LogP contribution is -2.12. The second-order valence-corrected chi connectivity index (χ2v) is 3.46. The van der Waals surface area contributed by atoms with Crippen LogP contribution in [0, 0.1) is 0 Å². The van der Waals surface area contributed by atoms with E-state index < -0.39 is 0 Å². The number of ether oxygens (including phenoxy) is 2. The minimum Gasteiger partial charge on any atom is -0.526 e. The zero-order valence-electron chi connectivity index (χ0n) is 10.7. The van der Waals surface area contributed by atoms with Gasteiger partial charge in [0.25, 0.3) is 0 Å². The standard InChI is InChI=1S/C12H13BN2O4/c1-16-11-7-14-5-3-9(11)18-13-19-10-4-6-15-8-12(10)17-2/h3-8,13H,1-2H3. The summed E-state index contributed by atoms with van der Waals surface area (Å²) in [6, 6.07) is 3.40. The van der Waals surface area contributed by atoms with E-state index in [-0.39, 0.29) is 7.69 Å². The molecule has 0 saturated carbocycles. The van der Waals surface area contributed by atoms with Crippen LogP contribution in [0.4, 0.5) is 0 Å². The summed E-state index contributed by atoms with van der Waals surface area (Å²) in [6.45, 7) is 0. The largest absolute Gasteiger partial charge is 0.576 e. The lowest BCUT2D eigenvalue weighted by Gasteiger charge is -2.11. The Balaban J connectivity index is 1.96. The Bertz CT molecular complexity index is 491. The van der Waals surface area contributed by atoms with Crippen LogP contribution in [0.15, 0.2) is 36.9 Å². The highest BCUT2D eigenvalue weighted by Crippen LogP contribution is 2.26. The highest BCUT2D eigenvalue weighted by Gasteiger charge is 2.08. The van der Waals surface area contributed by atoms with Gasteiger partial charge in [0.15, 0.2) is 11.5 Å². The molecule has 0 fully saturated rings. The van der Waals surface area contributed by atoms with Crippen LogP contribution < -0.4 is 18.8 Å². The fraction of sp³-hybridized carbons (Fsp3) is 0.167. The molecule has 0 atom stereocenters. The van der Waals surface area contributed by atoms with Crippen LogP contribution in [-0.4, -0.2) is 31.9 Å². The molecule has 0 saturated heterocycles. The van der Waals surface area contributed by atoms with Crippen LogP contribution >= 0.6 is 0 Å². The Labute approximate surface area is 111 Å². The van der Waals surface area contributed by atoms with Crippen molar-refractivity contribution >= 4 is 7.69 Å². The highest BCUT2D eigenvalue weighted by molar-refractivity contribution is 6.21. The van der Waals surface area contributed by atoms with Gasteiger partial charge in [-0.1, -0.05) is 0 Å². The maximum Gasteiger partial charge on any atom is 0.576 e. The van der Waals surface area contributed by atoms with Gasteiger partial charge in [-0.05, 0) is 0 Å². The zero-order valence-corrected chi connectivity index (χ0v) is 10.7. The van der Waals surface area contributed by atoms with Gasteiger partial charge in [0.1, 0.15) is 11.5 Å². The molecule has 2 rings (SSSR count). The lowest BCUT2D eigenvalue weighted by atomic mass is 10.3. The molecule has 6 nitrogen and oxygen atoms in total. The number of pyridine rings is 2. The minimum atomic E-state index is 0.0285. The van der Waals surface area contributed by atoms with Crippen LogP contribution in [0.2, 0.25) is 0 Å². The van der Waals surface area contributed by atoms with Gasteiger partial charge in [-0.25, -0.2) is 0 Å². The van der Waals surface area contributed by atoms with Crippen LogP contribution in [0.3, 0.4) is 0 Å². The third-order valence-electron chi connectivity index (χ3n) is 2.36. The van der Waals surface area contributed by atoms with Gasteiger partial charge >= 0.3 is 7.69 Å². The van der Waals surface area contributed by atoms with E-state index in [2.05, 4.69) is 9.97 Å². The topological polar surface area (TPSA) is 62.7 Å². The summed E-state index contributed by atoms with van der Waals surface area (Å²) < 4.78 is 21.2. The summed E-state index contributed by atoms with van der Waals surface area (Å²) in [5.41, 5.74) is 0. The zero-order chi connectivity index (χ0) is 13.5. The Kier molecular flexibility index (Phi) is 4.44. The van der Waals surface area contributed by atoms with Crippen molar-refractivity contribution in [3.8, 4) is 23.0 Å². The SMILES string of the molecule is COc1cnccc1OBOc1ccncc1OC. The molecular weight excluding hydrogens is 247 g/mol. The van der Waals surface area contributed by atoms with E-state index in [1.54, 1.807) is 51.1 Å². The third-order valence-corrected chi connectivity index (χ3v) is 2.36. The Morgan fingerprint density at radius 2 is 1.26 bits per heavy atom. The first-order chi connectivity index (χ1) is 9.35. The maximum atomic E-state index is 5.47. The first kappa shape index (κ1) is 13.0. The molecule has 0 radical (unpaired) electrons. The molecule has 2 heterocycles. The summed E-state index contributed by atoms with van der Waals surface area (Å²) in [6.07, 6.45) is 6.38. The predicted octanol–water partition coefficient (Wildman–Crippen LogP) is 1.22. The molecule has 0 aliphatic rings. The third kappa shape index (κ3) is 3.28. The molecule has 2 aromatic rings. The first-order valence-electron chi connectivity index (χ1n) is 5.56. The molecule has 0 aliphatic carbocycles. The van der Waals surface area contributed by atoms with Gasteiger partial charge in [-0.15, -0.1) is 0 Å². The molecule has 0 spiro atoms. The monoisotopic (exact) mass is 260 g/mol.